The van der Waals surface area contributed by atoms with E-state index in [0.29, 0.717) is 39.6 Å². The molecular weight excluding hydrogens is 346 g/mol. The van der Waals surface area contributed by atoms with Crippen molar-refractivity contribution in [3.05, 3.63) is 48.0 Å². The zero-order valence-corrected chi connectivity index (χ0v) is 15.1. The molecule has 1 unspecified atom stereocenters. The van der Waals surface area contributed by atoms with Gasteiger partial charge < -0.3 is 24.7 Å². The molecule has 0 radical (unpaired) electrons. The van der Waals surface area contributed by atoms with Crippen LogP contribution in [0.25, 0.3) is 21.9 Å². The minimum atomic E-state index is -0.224. The van der Waals surface area contributed by atoms with Crippen LogP contribution >= 0.6 is 0 Å². The van der Waals surface area contributed by atoms with Crippen LogP contribution in [0, 0.1) is 6.92 Å². The lowest BCUT2D eigenvalue weighted by molar-refractivity contribution is 0.374. The zero-order valence-electron chi connectivity index (χ0n) is 15.1. The minimum Gasteiger partial charge on any atom is -0.504 e. The van der Waals surface area contributed by atoms with Crippen LogP contribution in [0.3, 0.4) is 0 Å². The zero-order chi connectivity index (χ0) is 19.1. The molecule has 0 fully saturated rings. The Bertz CT molecular complexity index is 1150. The summed E-state index contributed by atoms with van der Waals surface area (Å²) < 4.78 is 11.0. The van der Waals surface area contributed by atoms with E-state index >= 15 is 0 Å². The summed E-state index contributed by atoms with van der Waals surface area (Å²) in [5, 5.41) is 24.9. The summed E-state index contributed by atoms with van der Waals surface area (Å²) in [4.78, 5) is 8.88. The number of phenolic OH excluding ortho intramolecular Hbond substituents is 2. The van der Waals surface area contributed by atoms with Crippen LogP contribution in [0.4, 0.5) is 5.82 Å². The van der Waals surface area contributed by atoms with Crippen LogP contribution < -0.4 is 10.1 Å². The highest BCUT2D eigenvalue weighted by molar-refractivity contribution is 5.92. The van der Waals surface area contributed by atoms with Gasteiger partial charge in [-0.1, -0.05) is 12.1 Å². The number of hydrogen-bond acceptors (Lipinski definition) is 7. The van der Waals surface area contributed by atoms with Crippen molar-refractivity contribution in [2.45, 2.75) is 19.9 Å². The number of benzene rings is 2. The van der Waals surface area contributed by atoms with Gasteiger partial charge in [0, 0.05) is 16.8 Å². The molecule has 27 heavy (non-hydrogen) atoms. The average molecular weight is 365 g/mol. The first-order chi connectivity index (χ1) is 13.0. The number of hydrogen-bond donors (Lipinski definition) is 3. The van der Waals surface area contributed by atoms with E-state index in [4.69, 9.17) is 9.15 Å². The summed E-state index contributed by atoms with van der Waals surface area (Å²) >= 11 is 0. The fraction of sp³-hybridized carbons (Fsp3) is 0.200. The van der Waals surface area contributed by atoms with E-state index < -0.39 is 0 Å². The first-order valence-electron chi connectivity index (χ1n) is 8.49. The van der Waals surface area contributed by atoms with Crippen molar-refractivity contribution in [1.82, 2.24) is 9.97 Å². The van der Waals surface area contributed by atoms with Gasteiger partial charge in [0.25, 0.3) is 0 Å². The summed E-state index contributed by atoms with van der Waals surface area (Å²) in [6.45, 7) is 3.73. The van der Waals surface area contributed by atoms with Crippen molar-refractivity contribution in [1.29, 1.82) is 0 Å². The van der Waals surface area contributed by atoms with E-state index in [-0.39, 0.29) is 17.5 Å². The number of furan rings is 1. The first-order valence-corrected chi connectivity index (χ1v) is 8.49. The van der Waals surface area contributed by atoms with Crippen LogP contribution in [0.5, 0.6) is 17.2 Å². The number of aromatic nitrogens is 2. The molecule has 7 heteroatoms. The first kappa shape index (κ1) is 17.0. The monoisotopic (exact) mass is 365 g/mol. The molecule has 2 aromatic carbocycles. The number of methoxy groups -OCH3 is 1. The summed E-state index contributed by atoms with van der Waals surface area (Å²) in [5.74, 6) is 2.30. The molecular formula is C20H19N3O4. The number of aromatic hydroxyl groups is 2. The molecule has 0 aliphatic rings. The molecule has 3 N–H and O–H groups in total. The molecule has 0 saturated carbocycles. The Balaban J connectivity index is 1.75. The van der Waals surface area contributed by atoms with Crippen LogP contribution in [0.15, 0.2) is 40.8 Å². The summed E-state index contributed by atoms with van der Waals surface area (Å²) in [6, 6.07) is 10.1. The largest absolute Gasteiger partial charge is 0.504 e. The maximum absolute atomic E-state index is 10.1. The van der Waals surface area contributed by atoms with Gasteiger partial charge in [-0.3, -0.25) is 0 Å². The number of rotatable bonds is 4. The predicted octanol–water partition coefficient (Wildman–Crippen LogP) is 4.28. The summed E-state index contributed by atoms with van der Waals surface area (Å²) in [5.41, 5.74) is 1.11. The smallest absolute Gasteiger partial charge is 0.175 e. The van der Waals surface area contributed by atoms with Crippen molar-refractivity contribution in [3.63, 3.8) is 0 Å². The molecule has 2 aromatic heterocycles. The molecule has 0 bridgehead atoms. The molecule has 1 atom stereocenters. The normalized spacial score (nSPS) is 12.4. The Morgan fingerprint density at radius 2 is 1.93 bits per heavy atom. The Kier molecular flexibility index (Phi) is 3.99. The number of nitrogens with zero attached hydrogens (tertiary/aromatic N) is 2. The highest BCUT2D eigenvalue weighted by Gasteiger charge is 2.17. The third kappa shape index (κ3) is 2.97. The number of fused-ring (bicyclic) bond motifs is 2. The van der Waals surface area contributed by atoms with Crippen LogP contribution in [0.1, 0.15) is 24.6 Å². The number of aryl methyl sites for hydroxylation is 1. The second kappa shape index (κ2) is 6.35. The summed E-state index contributed by atoms with van der Waals surface area (Å²) in [7, 11) is 1.49. The Morgan fingerprint density at radius 1 is 1.11 bits per heavy atom. The molecule has 4 aromatic rings. The van der Waals surface area contributed by atoms with Gasteiger partial charge in [0.1, 0.15) is 17.4 Å². The highest BCUT2D eigenvalue weighted by atomic mass is 16.5. The van der Waals surface area contributed by atoms with Crippen molar-refractivity contribution in [3.8, 4) is 17.2 Å². The van der Waals surface area contributed by atoms with Crippen molar-refractivity contribution >= 4 is 27.7 Å². The average Bonchev–Trinajstić information content (AvgIpc) is 3.07. The van der Waals surface area contributed by atoms with Gasteiger partial charge in [0.05, 0.1) is 18.7 Å². The van der Waals surface area contributed by atoms with Crippen LogP contribution in [-0.2, 0) is 0 Å². The number of phenols is 2. The Morgan fingerprint density at radius 3 is 2.67 bits per heavy atom. The van der Waals surface area contributed by atoms with E-state index in [9.17, 15) is 10.2 Å². The van der Waals surface area contributed by atoms with E-state index in [1.54, 1.807) is 31.2 Å². The topological polar surface area (TPSA) is 101 Å². The van der Waals surface area contributed by atoms with Crippen molar-refractivity contribution in [2.24, 2.45) is 0 Å². The molecule has 2 heterocycles. The van der Waals surface area contributed by atoms with Gasteiger partial charge in [-0.2, -0.15) is 0 Å². The standard InChI is InChI=1S/C20H19N3O4/c1-10(17-7-12-5-4-6-15(24)19(12)27-17)21-20-13-8-16(25)18(26-3)9-14(13)22-11(2)23-20/h4-10,24-25H,1-3H3,(H,21,22,23). The molecule has 0 amide bonds. The molecule has 0 aliphatic heterocycles. The number of ether oxygens (including phenoxy) is 1. The fourth-order valence-corrected chi connectivity index (χ4v) is 3.09. The Hall–Kier alpha value is -3.48. The lowest BCUT2D eigenvalue weighted by atomic mass is 10.1. The van der Waals surface area contributed by atoms with Gasteiger partial charge >= 0.3 is 0 Å². The number of para-hydroxylation sites is 1. The van der Waals surface area contributed by atoms with Crippen molar-refractivity contribution in [2.75, 3.05) is 12.4 Å². The fourth-order valence-electron chi connectivity index (χ4n) is 3.09. The molecule has 4 rings (SSSR count). The third-order valence-corrected chi connectivity index (χ3v) is 4.43. The third-order valence-electron chi connectivity index (χ3n) is 4.43. The molecule has 0 spiro atoms. The predicted molar refractivity (Wildman–Crippen MR) is 102 cm³/mol. The van der Waals surface area contributed by atoms with E-state index in [0.717, 1.165) is 5.39 Å². The lowest BCUT2D eigenvalue weighted by Gasteiger charge is -2.15. The van der Waals surface area contributed by atoms with Crippen LogP contribution in [-0.4, -0.2) is 27.3 Å². The van der Waals surface area contributed by atoms with E-state index in [1.165, 1.54) is 7.11 Å². The van der Waals surface area contributed by atoms with E-state index in [2.05, 4.69) is 15.3 Å². The van der Waals surface area contributed by atoms with Gasteiger partial charge in [0.15, 0.2) is 22.8 Å². The maximum atomic E-state index is 10.1. The lowest BCUT2D eigenvalue weighted by Crippen LogP contribution is -2.09. The quantitative estimate of drug-likeness (QED) is 0.496. The minimum absolute atomic E-state index is 0.0156. The van der Waals surface area contributed by atoms with Gasteiger partial charge in [0.2, 0.25) is 0 Å². The van der Waals surface area contributed by atoms with Gasteiger partial charge in [-0.25, -0.2) is 9.97 Å². The van der Waals surface area contributed by atoms with Gasteiger partial charge in [-0.05, 0) is 32.0 Å². The second-order valence-electron chi connectivity index (χ2n) is 6.37. The summed E-state index contributed by atoms with van der Waals surface area (Å²) in [6.07, 6.45) is 0. The highest BCUT2D eigenvalue weighted by Crippen LogP contribution is 2.35. The van der Waals surface area contributed by atoms with Gasteiger partial charge in [-0.15, -0.1) is 0 Å². The maximum Gasteiger partial charge on any atom is 0.175 e. The molecule has 7 nitrogen and oxygen atoms in total. The Labute approximate surface area is 155 Å². The molecule has 0 saturated heterocycles. The number of anilines is 1. The van der Waals surface area contributed by atoms with E-state index in [1.807, 2.05) is 19.1 Å². The number of nitrogens with one attached hydrogen (secondary N) is 1. The van der Waals surface area contributed by atoms with Crippen LogP contribution in [0.2, 0.25) is 0 Å². The molecule has 138 valence electrons. The second-order valence-corrected chi connectivity index (χ2v) is 6.37. The van der Waals surface area contributed by atoms with Crippen molar-refractivity contribution < 1.29 is 19.4 Å². The SMILES string of the molecule is COc1cc2nc(C)nc(NC(C)c3cc4cccc(O)c4o3)c2cc1O. The molecule has 0 aliphatic carbocycles.